The van der Waals surface area contributed by atoms with Gasteiger partial charge in [-0.05, 0) is 19.3 Å². The van der Waals surface area contributed by atoms with Crippen LogP contribution in [0.4, 0.5) is 0 Å². The third-order valence-corrected chi connectivity index (χ3v) is 2.36. The Kier molecular flexibility index (Phi) is 7.07. The van der Waals surface area contributed by atoms with Gasteiger partial charge in [-0.15, -0.1) is 0 Å². The molecule has 0 heterocycles. The molecular formula is C10H19N3OS. The summed E-state index contributed by atoms with van der Waals surface area (Å²) in [6, 6.07) is -0.204. The van der Waals surface area contributed by atoms with Crippen LogP contribution in [-0.2, 0) is 4.79 Å². The Balaban J connectivity index is 4.60. The third kappa shape index (κ3) is 6.30. The first kappa shape index (κ1) is 14.2. The van der Waals surface area contributed by atoms with Crippen LogP contribution in [-0.4, -0.2) is 36.1 Å². The van der Waals surface area contributed by atoms with Crippen molar-refractivity contribution in [1.82, 2.24) is 0 Å². The lowest BCUT2D eigenvalue weighted by Crippen LogP contribution is -2.27. The summed E-state index contributed by atoms with van der Waals surface area (Å²) in [6.07, 6.45) is 3.58. The molecule has 0 spiro atoms. The maximum Gasteiger partial charge on any atom is 0.175 e. The Morgan fingerprint density at radius 2 is 2.20 bits per heavy atom. The first-order valence-electron chi connectivity index (χ1n) is 4.76. The molecule has 0 radical (unpaired) electrons. The molecule has 0 aromatic rings. The van der Waals surface area contributed by atoms with Gasteiger partial charge in [0, 0.05) is 25.3 Å². The smallest absolute Gasteiger partial charge is 0.175 e. The normalized spacial score (nSPS) is 15.2. The number of allylic oxidation sites excluding steroid dienone is 1. The van der Waals surface area contributed by atoms with Gasteiger partial charge in [-0.25, -0.2) is 0 Å². The average molecular weight is 229 g/mol. The Bertz CT molecular complexity index is 272. The topological polar surface area (TPSA) is 81.5 Å². The second-order valence-electron chi connectivity index (χ2n) is 3.24. The molecule has 0 aliphatic rings. The van der Waals surface area contributed by atoms with Crippen molar-refractivity contribution in [2.24, 2.45) is 16.5 Å². The van der Waals surface area contributed by atoms with Gasteiger partial charge in [0.05, 0.1) is 11.4 Å². The Labute approximate surface area is 95.2 Å². The van der Waals surface area contributed by atoms with Gasteiger partial charge < -0.3 is 11.5 Å². The van der Waals surface area contributed by atoms with Crippen LogP contribution in [0.2, 0.25) is 0 Å². The molecule has 0 bridgehead atoms. The van der Waals surface area contributed by atoms with E-state index < -0.39 is 0 Å². The fourth-order valence-electron chi connectivity index (χ4n) is 0.848. The van der Waals surface area contributed by atoms with Crippen LogP contribution in [0.5, 0.6) is 0 Å². The van der Waals surface area contributed by atoms with Gasteiger partial charge in [-0.2, -0.15) is 11.8 Å². The third-order valence-electron chi connectivity index (χ3n) is 1.77. The van der Waals surface area contributed by atoms with Crippen molar-refractivity contribution < 1.29 is 4.79 Å². The number of hydrogen-bond donors (Lipinski definition) is 2. The van der Waals surface area contributed by atoms with Gasteiger partial charge in [0.1, 0.15) is 0 Å². The van der Waals surface area contributed by atoms with Crippen molar-refractivity contribution in [3.63, 3.8) is 0 Å². The molecule has 0 aromatic heterocycles. The number of carbonyl (C=O) groups excluding carboxylic acids is 1. The van der Waals surface area contributed by atoms with Crippen LogP contribution in [0.3, 0.4) is 0 Å². The molecule has 0 fully saturated rings. The summed E-state index contributed by atoms with van der Waals surface area (Å²) in [6.45, 7) is 3.94. The molecule has 4 nitrogen and oxygen atoms in total. The van der Waals surface area contributed by atoms with Crippen molar-refractivity contribution in [2.75, 3.05) is 18.6 Å². The highest BCUT2D eigenvalue weighted by molar-refractivity contribution is 7.98. The molecule has 0 aliphatic heterocycles. The molecule has 0 aliphatic carbocycles. The van der Waals surface area contributed by atoms with Crippen LogP contribution < -0.4 is 11.5 Å². The highest BCUT2D eigenvalue weighted by Gasteiger charge is 2.05. The molecule has 0 saturated carbocycles. The zero-order chi connectivity index (χ0) is 11.8. The molecule has 5 heteroatoms. The minimum absolute atomic E-state index is 0.159. The quantitative estimate of drug-likeness (QED) is 0.396. The van der Waals surface area contributed by atoms with Crippen LogP contribution in [0.25, 0.3) is 0 Å². The number of carbonyl (C=O) groups is 1. The average Bonchev–Trinajstić information content (AvgIpc) is 2.15. The maximum absolute atomic E-state index is 10.9. The number of nitrogens with two attached hydrogens (primary N) is 2. The minimum atomic E-state index is -0.204. The predicted molar refractivity (Wildman–Crippen MR) is 67.3 cm³/mol. The fraction of sp³-hybridized carbons (Fsp3) is 0.600. The van der Waals surface area contributed by atoms with Crippen LogP contribution >= 0.6 is 11.8 Å². The SMILES string of the molecule is CSCCN=C(/C=C(\N)C(C)=O)C(C)N. The zero-order valence-electron chi connectivity index (χ0n) is 9.49. The highest BCUT2D eigenvalue weighted by Crippen LogP contribution is 1.96. The van der Waals surface area contributed by atoms with E-state index in [-0.39, 0.29) is 17.5 Å². The Hall–Kier alpha value is -0.810. The molecule has 0 rings (SSSR count). The summed E-state index contributed by atoms with van der Waals surface area (Å²) < 4.78 is 0. The van der Waals surface area contributed by atoms with Gasteiger partial charge in [-0.3, -0.25) is 9.79 Å². The van der Waals surface area contributed by atoms with E-state index in [4.69, 9.17) is 11.5 Å². The monoisotopic (exact) mass is 229 g/mol. The second-order valence-corrected chi connectivity index (χ2v) is 4.23. The summed E-state index contributed by atoms with van der Waals surface area (Å²) in [5, 5.41) is 0. The van der Waals surface area contributed by atoms with E-state index >= 15 is 0 Å². The molecule has 0 amide bonds. The van der Waals surface area contributed by atoms with Crippen LogP contribution in [0, 0.1) is 0 Å². The highest BCUT2D eigenvalue weighted by atomic mass is 32.2. The Morgan fingerprint density at radius 1 is 1.60 bits per heavy atom. The molecule has 1 unspecified atom stereocenters. The van der Waals surface area contributed by atoms with Crippen molar-refractivity contribution in [3.05, 3.63) is 11.8 Å². The minimum Gasteiger partial charge on any atom is -0.396 e. The van der Waals surface area contributed by atoms with Gasteiger partial charge in [0.25, 0.3) is 0 Å². The van der Waals surface area contributed by atoms with E-state index in [1.807, 2.05) is 13.2 Å². The molecule has 1 atom stereocenters. The van der Waals surface area contributed by atoms with Gasteiger partial charge in [-0.1, -0.05) is 0 Å². The van der Waals surface area contributed by atoms with E-state index in [9.17, 15) is 4.79 Å². The lowest BCUT2D eigenvalue weighted by molar-refractivity contribution is -0.113. The number of ketones is 1. The lowest BCUT2D eigenvalue weighted by atomic mass is 10.1. The molecule has 15 heavy (non-hydrogen) atoms. The van der Waals surface area contributed by atoms with E-state index in [2.05, 4.69) is 4.99 Å². The van der Waals surface area contributed by atoms with Crippen molar-refractivity contribution in [1.29, 1.82) is 0 Å². The molecule has 4 N–H and O–H groups in total. The van der Waals surface area contributed by atoms with Crippen LogP contribution in [0.1, 0.15) is 13.8 Å². The molecule has 0 aromatic carbocycles. The van der Waals surface area contributed by atoms with Gasteiger partial charge in [0.2, 0.25) is 0 Å². The summed E-state index contributed by atoms with van der Waals surface area (Å²) in [5.74, 6) is 0.776. The molecule has 0 saturated heterocycles. The fourth-order valence-corrected chi connectivity index (χ4v) is 1.12. The Morgan fingerprint density at radius 3 is 2.60 bits per heavy atom. The summed E-state index contributed by atoms with van der Waals surface area (Å²) >= 11 is 1.71. The summed E-state index contributed by atoms with van der Waals surface area (Å²) in [7, 11) is 0. The number of aliphatic imine (C=N–C) groups is 1. The number of Topliss-reactive ketones (excluding diaryl/α,β-unsaturated/α-hetero) is 1. The van der Waals surface area contributed by atoms with Crippen molar-refractivity contribution >= 4 is 23.3 Å². The number of nitrogens with zero attached hydrogens (tertiary/aromatic N) is 1. The second kappa shape index (κ2) is 7.48. The summed E-state index contributed by atoms with van der Waals surface area (Å²) in [5.41, 5.74) is 12.1. The number of thioether (sulfide) groups is 1. The first-order valence-corrected chi connectivity index (χ1v) is 6.15. The van der Waals surface area contributed by atoms with Crippen LogP contribution in [0.15, 0.2) is 16.8 Å². The summed E-state index contributed by atoms with van der Waals surface area (Å²) in [4.78, 5) is 15.2. The molecule has 86 valence electrons. The predicted octanol–water partition coefficient (Wildman–Crippen LogP) is 0.569. The first-order chi connectivity index (χ1) is 6.99. The van der Waals surface area contributed by atoms with Crippen molar-refractivity contribution in [2.45, 2.75) is 19.9 Å². The van der Waals surface area contributed by atoms with E-state index in [1.54, 1.807) is 17.8 Å². The van der Waals surface area contributed by atoms with E-state index in [0.717, 1.165) is 5.75 Å². The van der Waals surface area contributed by atoms with Crippen molar-refractivity contribution in [3.8, 4) is 0 Å². The van der Waals surface area contributed by atoms with Gasteiger partial charge in [0.15, 0.2) is 5.78 Å². The van der Waals surface area contributed by atoms with E-state index in [1.165, 1.54) is 6.92 Å². The number of rotatable bonds is 6. The number of hydrogen-bond acceptors (Lipinski definition) is 5. The lowest BCUT2D eigenvalue weighted by Gasteiger charge is -2.06. The van der Waals surface area contributed by atoms with E-state index in [0.29, 0.717) is 12.3 Å². The largest absolute Gasteiger partial charge is 0.396 e. The maximum atomic E-state index is 10.9. The molecular weight excluding hydrogens is 210 g/mol. The standard InChI is InChI=1S/C10H19N3OS/c1-7(11)10(13-4-5-15-3)6-9(12)8(2)14/h6-7H,4-5,11-12H2,1-3H3/b9-6-,13-10?. The zero-order valence-corrected chi connectivity index (χ0v) is 10.3. The van der Waals surface area contributed by atoms with Gasteiger partial charge >= 0.3 is 0 Å².